The Hall–Kier alpha value is -1.67. The maximum atomic E-state index is 11.8. The van der Waals surface area contributed by atoms with Gasteiger partial charge < -0.3 is 10.1 Å². The molecule has 0 aromatic heterocycles. The summed E-state index contributed by atoms with van der Waals surface area (Å²) in [5, 5.41) is 14.3. The molecule has 128 valence electrons. The topological polar surface area (TPSA) is 98.5 Å². The summed E-state index contributed by atoms with van der Waals surface area (Å²) in [5.74, 6) is 0.0516. The number of anilines is 1. The van der Waals surface area contributed by atoms with Crippen molar-refractivity contribution in [1.82, 2.24) is 0 Å². The molecular formula is C15H22N2O5S. The van der Waals surface area contributed by atoms with Gasteiger partial charge >= 0.3 is 0 Å². The average Bonchev–Trinajstić information content (AvgIpc) is 2.45. The molecule has 1 aliphatic heterocycles. The van der Waals surface area contributed by atoms with E-state index in [0.29, 0.717) is 38.3 Å². The zero-order chi connectivity index (χ0) is 17.1. The van der Waals surface area contributed by atoms with Gasteiger partial charge in [-0.3, -0.25) is 10.1 Å². The predicted octanol–water partition coefficient (Wildman–Crippen LogP) is 2.16. The number of rotatable bonds is 6. The van der Waals surface area contributed by atoms with Crippen molar-refractivity contribution in [2.24, 2.45) is 5.41 Å². The second-order valence-electron chi connectivity index (χ2n) is 6.31. The third-order valence-electron chi connectivity index (χ3n) is 4.13. The molecule has 2 rings (SSSR count). The largest absolute Gasteiger partial charge is 0.381 e. The van der Waals surface area contributed by atoms with Gasteiger partial charge in [-0.15, -0.1) is 0 Å². The highest BCUT2D eigenvalue weighted by Gasteiger charge is 2.36. The van der Waals surface area contributed by atoms with Crippen LogP contribution in [0.25, 0.3) is 0 Å². The summed E-state index contributed by atoms with van der Waals surface area (Å²) in [6, 6.07) is 4.97. The number of nitrogens with zero attached hydrogens (tertiary/aromatic N) is 1. The van der Waals surface area contributed by atoms with Crippen molar-refractivity contribution in [3.63, 3.8) is 0 Å². The monoisotopic (exact) mass is 342 g/mol. The molecule has 1 aromatic rings. The molecule has 0 amide bonds. The van der Waals surface area contributed by atoms with Crippen LogP contribution >= 0.6 is 0 Å². The number of ether oxygens (including phenoxy) is 1. The van der Waals surface area contributed by atoms with Gasteiger partial charge in [0.15, 0.2) is 0 Å². The van der Waals surface area contributed by atoms with Crippen LogP contribution in [0.5, 0.6) is 0 Å². The second-order valence-corrected chi connectivity index (χ2v) is 8.45. The molecule has 1 saturated heterocycles. The van der Waals surface area contributed by atoms with Gasteiger partial charge in [-0.2, -0.15) is 0 Å². The zero-order valence-corrected chi connectivity index (χ0v) is 14.2. The van der Waals surface area contributed by atoms with Crippen LogP contribution in [0.2, 0.25) is 0 Å². The lowest BCUT2D eigenvalue weighted by atomic mass is 9.82. The Bertz CT molecular complexity index is 681. The van der Waals surface area contributed by atoms with Crippen molar-refractivity contribution >= 4 is 21.2 Å². The number of hydrogen-bond donors (Lipinski definition) is 1. The predicted molar refractivity (Wildman–Crippen MR) is 88.5 cm³/mol. The Morgan fingerprint density at radius 1 is 1.35 bits per heavy atom. The standard InChI is InChI=1S/C15H22N2O5S/c1-12-3-4-13(14(9-12)17(18)19)16-10-15(11-23(2,20)21)5-7-22-8-6-15/h3-4,9,16H,5-8,10-11H2,1-2H3. The Morgan fingerprint density at radius 2 is 2.00 bits per heavy atom. The fourth-order valence-corrected chi connectivity index (χ4v) is 4.46. The lowest BCUT2D eigenvalue weighted by molar-refractivity contribution is -0.384. The van der Waals surface area contributed by atoms with Gasteiger partial charge in [0.1, 0.15) is 15.5 Å². The van der Waals surface area contributed by atoms with Crippen molar-refractivity contribution < 1.29 is 18.1 Å². The van der Waals surface area contributed by atoms with Crippen LogP contribution in [-0.2, 0) is 14.6 Å². The maximum Gasteiger partial charge on any atom is 0.292 e. The van der Waals surface area contributed by atoms with Crippen LogP contribution in [0.1, 0.15) is 18.4 Å². The van der Waals surface area contributed by atoms with Crippen LogP contribution < -0.4 is 5.32 Å². The van der Waals surface area contributed by atoms with Crippen molar-refractivity contribution in [2.75, 3.05) is 37.1 Å². The van der Waals surface area contributed by atoms with Crippen molar-refractivity contribution in [3.8, 4) is 0 Å². The van der Waals surface area contributed by atoms with E-state index in [4.69, 9.17) is 4.74 Å². The number of nitro groups is 1. The number of nitrogens with one attached hydrogen (secondary N) is 1. The van der Waals surface area contributed by atoms with Crippen LogP contribution in [0.3, 0.4) is 0 Å². The number of nitro benzene ring substituents is 1. The molecular weight excluding hydrogens is 320 g/mol. The van der Waals surface area contributed by atoms with Gasteiger partial charge in [-0.25, -0.2) is 8.42 Å². The molecule has 7 nitrogen and oxygen atoms in total. The maximum absolute atomic E-state index is 11.8. The normalized spacial score (nSPS) is 17.7. The van der Waals surface area contributed by atoms with Crippen LogP contribution in [0, 0.1) is 22.5 Å². The summed E-state index contributed by atoms with van der Waals surface area (Å²) in [4.78, 5) is 10.8. The SMILES string of the molecule is Cc1ccc(NCC2(CS(C)(=O)=O)CCOCC2)c([N+](=O)[O-])c1. The summed E-state index contributed by atoms with van der Waals surface area (Å²) >= 11 is 0. The highest BCUT2D eigenvalue weighted by Crippen LogP contribution is 2.34. The third-order valence-corrected chi connectivity index (χ3v) is 5.26. The van der Waals surface area contributed by atoms with Gasteiger partial charge in [0.05, 0.1) is 10.7 Å². The van der Waals surface area contributed by atoms with Crippen LogP contribution in [0.15, 0.2) is 18.2 Å². The molecule has 1 N–H and O–H groups in total. The minimum Gasteiger partial charge on any atom is -0.381 e. The first kappa shape index (κ1) is 17.7. The lowest BCUT2D eigenvalue weighted by Gasteiger charge is -2.36. The van der Waals surface area contributed by atoms with Crippen LogP contribution in [0.4, 0.5) is 11.4 Å². The number of aryl methyl sites for hydroxylation is 1. The Labute approximate surface area is 136 Å². The molecule has 0 bridgehead atoms. The first-order valence-corrected chi connectivity index (χ1v) is 9.51. The van der Waals surface area contributed by atoms with E-state index in [0.717, 1.165) is 5.56 Å². The van der Waals surface area contributed by atoms with Crippen molar-refractivity contribution in [2.45, 2.75) is 19.8 Å². The number of sulfone groups is 1. The van der Waals surface area contributed by atoms with E-state index in [2.05, 4.69) is 5.32 Å². The van der Waals surface area contributed by atoms with Crippen LogP contribution in [-0.4, -0.2) is 45.1 Å². The zero-order valence-electron chi connectivity index (χ0n) is 13.4. The minimum absolute atomic E-state index is 0.00608. The molecule has 23 heavy (non-hydrogen) atoms. The molecule has 0 saturated carbocycles. The first-order chi connectivity index (χ1) is 10.7. The summed E-state index contributed by atoms with van der Waals surface area (Å²) in [6.07, 6.45) is 2.46. The lowest BCUT2D eigenvalue weighted by Crippen LogP contribution is -2.41. The second kappa shape index (κ2) is 6.84. The molecule has 1 aliphatic rings. The molecule has 0 unspecified atom stereocenters. The summed E-state index contributed by atoms with van der Waals surface area (Å²) in [6.45, 7) is 3.17. The fourth-order valence-electron chi connectivity index (χ4n) is 2.96. The van der Waals surface area contributed by atoms with E-state index >= 15 is 0 Å². The van der Waals surface area contributed by atoms with Gasteiger partial charge in [0.2, 0.25) is 0 Å². The quantitative estimate of drug-likeness (QED) is 0.628. The smallest absolute Gasteiger partial charge is 0.292 e. The molecule has 1 heterocycles. The summed E-state index contributed by atoms with van der Waals surface area (Å²) in [5.41, 5.74) is 0.774. The minimum atomic E-state index is -3.15. The molecule has 1 fully saturated rings. The molecule has 0 radical (unpaired) electrons. The Kier molecular flexibility index (Phi) is 5.26. The van der Waals surface area contributed by atoms with Crippen molar-refractivity contribution in [1.29, 1.82) is 0 Å². The molecule has 1 aromatic carbocycles. The average molecular weight is 342 g/mol. The van der Waals surface area contributed by atoms with E-state index in [-0.39, 0.29) is 11.4 Å². The summed E-state index contributed by atoms with van der Waals surface area (Å²) < 4.78 is 28.9. The molecule has 0 atom stereocenters. The third kappa shape index (κ3) is 4.90. The molecule has 0 spiro atoms. The van der Waals surface area contributed by atoms with Gasteiger partial charge in [0, 0.05) is 37.5 Å². The summed E-state index contributed by atoms with van der Waals surface area (Å²) in [7, 11) is -3.15. The first-order valence-electron chi connectivity index (χ1n) is 7.45. The van der Waals surface area contributed by atoms with Gasteiger partial charge in [0.25, 0.3) is 5.69 Å². The van der Waals surface area contributed by atoms with Gasteiger partial charge in [-0.1, -0.05) is 6.07 Å². The van der Waals surface area contributed by atoms with E-state index in [1.807, 2.05) is 0 Å². The Morgan fingerprint density at radius 3 is 2.57 bits per heavy atom. The molecule has 8 heteroatoms. The van der Waals surface area contributed by atoms with E-state index < -0.39 is 20.2 Å². The Balaban J connectivity index is 2.20. The van der Waals surface area contributed by atoms with Gasteiger partial charge in [-0.05, 0) is 31.4 Å². The fraction of sp³-hybridized carbons (Fsp3) is 0.600. The van der Waals surface area contributed by atoms with E-state index in [1.165, 1.54) is 12.3 Å². The van der Waals surface area contributed by atoms with E-state index in [1.54, 1.807) is 19.1 Å². The number of benzene rings is 1. The highest BCUT2D eigenvalue weighted by atomic mass is 32.2. The number of hydrogen-bond acceptors (Lipinski definition) is 6. The molecule has 0 aliphatic carbocycles. The highest BCUT2D eigenvalue weighted by molar-refractivity contribution is 7.90. The van der Waals surface area contributed by atoms with Crippen molar-refractivity contribution in [3.05, 3.63) is 33.9 Å². The van der Waals surface area contributed by atoms with E-state index in [9.17, 15) is 18.5 Å².